The van der Waals surface area contributed by atoms with Gasteiger partial charge in [-0.3, -0.25) is 4.79 Å². The number of rotatable bonds is 5. The minimum atomic E-state index is -0.207. The first-order valence-corrected chi connectivity index (χ1v) is 10.4. The molecule has 0 bridgehead atoms. The second-order valence-corrected chi connectivity index (χ2v) is 7.82. The van der Waals surface area contributed by atoms with Crippen LogP contribution in [-0.4, -0.2) is 46.8 Å². The molecule has 2 aromatic carbocycles. The summed E-state index contributed by atoms with van der Waals surface area (Å²) in [7, 11) is 0. The molecular formula is C24H27FN4O. The lowest BCUT2D eigenvalue weighted by atomic mass is 10.1. The van der Waals surface area contributed by atoms with Gasteiger partial charge >= 0.3 is 0 Å². The van der Waals surface area contributed by atoms with Crippen LogP contribution in [0.3, 0.4) is 0 Å². The Hall–Kier alpha value is -3.15. The Balaban J connectivity index is 1.29. The molecule has 1 amide bonds. The van der Waals surface area contributed by atoms with Gasteiger partial charge in [-0.2, -0.15) is 5.10 Å². The molecule has 1 saturated heterocycles. The van der Waals surface area contributed by atoms with Crippen molar-refractivity contribution in [1.29, 1.82) is 0 Å². The zero-order valence-electron chi connectivity index (χ0n) is 17.5. The van der Waals surface area contributed by atoms with Crippen LogP contribution in [0.2, 0.25) is 0 Å². The van der Waals surface area contributed by atoms with E-state index in [2.05, 4.69) is 23.3 Å². The Morgan fingerprint density at radius 3 is 2.33 bits per heavy atom. The van der Waals surface area contributed by atoms with Crippen molar-refractivity contribution in [3.05, 3.63) is 77.4 Å². The molecule has 4 rings (SSSR count). The molecule has 2 heterocycles. The van der Waals surface area contributed by atoms with E-state index >= 15 is 0 Å². The van der Waals surface area contributed by atoms with Gasteiger partial charge in [-0.05, 0) is 56.2 Å². The lowest BCUT2D eigenvalue weighted by Crippen LogP contribution is -2.49. The summed E-state index contributed by atoms with van der Waals surface area (Å²) in [6.45, 7) is 6.60. The summed E-state index contributed by atoms with van der Waals surface area (Å²) in [6, 6.07) is 17.1. The van der Waals surface area contributed by atoms with Gasteiger partial charge in [0.05, 0.1) is 17.1 Å². The fourth-order valence-corrected chi connectivity index (χ4v) is 4.01. The Labute approximate surface area is 176 Å². The third kappa shape index (κ3) is 4.37. The van der Waals surface area contributed by atoms with E-state index in [9.17, 15) is 9.18 Å². The topological polar surface area (TPSA) is 41.4 Å². The molecule has 1 aliphatic heterocycles. The van der Waals surface area contributed by atoms with Crippen molar-refractivity contribution in [2.45, 2.75) is 26.7 Å². The smallest absolute Gasteiger partial charge is 0.223 e. The predicted octanol–water partition coefficient (Wildman–Crippen LogP) is 3.91. The summed E-state index contributed by atoms with van der Waals surface area (Å²) in [4.78, 5) is 16.5. The zero-order chi connectivity index (χ0) is 21.1. The Kier molecular flexibility index (Phi) is 5.84. The first-order chi connectivity index (χ1) is 14.5. The Morgan fingerprint density at radius 2 is 1.70 bits per heavy atom. The maximum Gasteiger partial charge on any atom is 0.223 e. The van der Waals surface area contributed by atoms with Crippen LogP contribution in [0.15, 0.2) is 54.6 Å². The quantitative estimate of drug-likeness (QED) is 0.645. The third-order valence-electron chi connectivity index (χ3n) is 5.64. The molecule has 156 valence electrons. The highest BCUT2D eigenvalue weighted by Gasteiger charge is 2.22. The van der Waals surface area contributed by atoms with Gasteiger partial charge in [0.1, 0.15) is 5.82 Å². The summed E-state index contributed by atoms with van der Waals surface area (Å²) in [6.07, 6.45) is 1.20. The number of anilines is 1. The second-order valence-electron chi connectivity index (χ2n) is 7.82. The number of carbonyl (C=O) groups excluding carboxylic acids is 1. The molecule has 30 heavy (non-hydrogen) atoms. The second kappa shape index (κ2) is 8.69. The summed E-state index contributed by atoms with van der Waals surface area (Å²) in [5.41, 5.74) is 4.88. The minimum Gasteiger partial charge on any atom is -0.366 e. The highest BCUT2D eigenvalue weighted by Crippen LogP contribution is 2.20. The maximum atomic E-state index is 14.0. The molecule has 0 radical (unpaired) electrons. The predicted molar refractivity (Wildman–Crippen MR) is 117 cm³/mol. The minimum absolute atomic E-state index is 0.158. The Morgan fingerprint density at radius 1 is 1.00 bits per heavy atom. The van der Waals surface area contributed by atoms with Gasteiger partial charge < -0.3 is 9.80 Å². The van der Waals surface area contributed by atoms with Crippen molar-refractivity contribution >= 4 is 11.6 Å². The number of aromatic nitrogens is 2. The van der Waals surface area contributed by atoms with E-state index in [1.165, 1.54) is 6.07 Å². The van der Waals surface area contributed by atoms with Crippen molar-refractivity contribution in [3.8, 4) is 5.69 Å². The highest BCUT2D eigenvalue weighted by molar-refractivity contribution is 5.76. The highest BCUT2D eigenvalue weighted by atomic mass is 19.1. The number of benzene rings is 2. The normalized spacial score (nSPS) is 14.2. The van der Waals surface area contributed by atoms with Crippen LogP contribution < -0.4 is 4.90 Å². The van der Waals surface area contributed by atoms with Crippen LogP contribution in [0.4, 0.5) is 10.1 Å². The molecule has 1 fully saturated rings. The van der Waals surface area contributed by atoms with E-state index in [1.807, 2.05) is 46.5 Å². The van der Waals surface area contributed by atoms with Crippen molar-refractivity contribution in [1.82, 2.24) is 14.7 Å². The van der Waals surface area contributed by atoms with Gasteiger partial charge in [-0.25, -0.2) is 9.07 Å². The first kappa shape index (κ1) is 20.1. The number of carbonyl (C=O) groups is 1. The maximum absolute atomic E-state index is 14.0. The van der Waals surface area contributed by atoms with Crippen molar-refractivity contribution < 1.29 is 9.18 Å². The van der Waals surface area contributed by atoms with E-state index in [-0.39, 0.29) is 11.7 Å². The number of hydrogen-bond donors (Lipinski definition) is 0. The van der Waals surface area contributed by atoms with Crippen LogP contribution in [0.5, 0.6) is 0 Å². The molecule has 0 N–H and O–H groups in total. The SMILES string of the molecule is Cc1cc(C)n(-c2ccc(CCC(=O)N3CCN(c4ccccc4F)CC3)cc2)n1. The van der Waals surface area contributed by atoms with Crippen LogP contribution in [0.1, 0.15) is 23.4 Å². The lowest BCUT2D eigenvalue weighted by molar-refractivity contribution is -0.131. The number of para-hydroxylation sites is 1. The average molecular weight is 407 g/mol. The number of piperazine rings is 1. The number of amides is 1. The van der Waals surface area contributed by atoms with Crippen LogP contribution >= 0.6 is 0 Å². The molecule has 0 unspecified atom stereocenters. The van der Waals surface area contributed by atoms with Gasteiger partial charge in [0, 0.05) is 38.3 Å². The van der Waals surface area contributed by atoms with Gasteiger partial charge in [0.15, 0.2) is 0 Å². The monoisotopic (exact) mass is 406 g/mol. The summed E-state index contributed by atoms with van der Waals surface area (Å²) in [5.74, 6) is -0.0491. The number of halogens is 1. The fraction of sp³-hybridized carbons (Fsp3) is 0.333. The van der Waals surface area contributed by atoms with E-state index in [0.717, 1.165) is 22.6 Å². The molecule has 5 nitrogen and oxygen atoms in total. The van der Waals surface area contributed by atoms with Crippen LogP contribution in [0.25, 0.3) is 5.69 Å². The first-order valence-electron chi connectivity index (χ1n) is 10.4. The van der Waals surface area contributed by atoms with E-state index in [1.54, 1.807) is 12.1 Å². The molecule has 0 spiro atoms. The van der Waals surface area contributed by atoms with Crippen molar-refractivity contribution in [2.75, 3.05) is 31.1 Å². The summed E-state index contributed by atoms with van der Waals surface area (Å²) in [5, 5.41) is 4.51. The zero-order valence-corrected chi connectivity index (χ0v) is 17.5. The molecule has 3 aromatic rings. The summed E-state index contributed by atoms with van der Waals surface area (Å²) >= 11 is 0. The van der Waals surface area contributed by atoms with Gasteiger partial charge in [-0.15, -0.1) is 0 Å². The fourth-order valence-electron chi connectivity index (χ4n) is 4.01. The molecule has 0 saturated carbocycles. The molecule has 1 aliphatic rings. The number of nitrogens with zero attached hydrogens (tertiary/aromatic N) is 4. The molecule has 1 aromatic heterocycles. The Bertz CT molecular complexity index is 1020. The summed E-state index contributed by atoms with van der Waals surface area (Å²) < 4.78 is 15.9. The van der Waals surface area contributed by atoms with Crippen molar-refractivity contribution in [3.63, 3.8) is 0 Å². The van der Waals surface area contributed by atoms with Gasteiger partial charge in [-0.1, -0.05) is 24.3 Å². The van der Waals surface area contributed by atoms with E-state index in [4.69, 9.17) is 0 Å². The third-order valence-corrected chi connectivity index (χ3v) is 5.64. The van der Waals surface area contributed by atoms with Crippen LogP contribution in [-0.2, 0) is 11.2 Å². The van der Waals surface area contributed by atoms with Gasteiger partial charge in [0.2, 0.25) is 5.91 Å². The number of hydrogen-bond acceptors (Lipinski definition) is 3. The average Bonchev–Trinajstić information content (AvgIpc) is 3.11. The van der Waals surface area contributed by atoms with E-state index < -0.39 is 0 Å². The standard InChI is InChI=1S/C24H27FN4O/c1-18-17-19(2)29(26-18)21-10-7-20(8-11-21)9-12-24(30)28-15-13-27(14-16-28)23-6-4-3-5-22(23)25/h3-8,10-11,17H,9,12-16H2,1-2H3. The largest absolute Gasteiger partial charge is 0.366 e. The number of aryl methyl sites for hydroxylation is 3. The van der Waals surface area contributed by atoms with Gasteiger partial charge in [0.25, 0.3) is 0 Å². The van der Waals surface area contributed by atoms with Crippen molar-refractivity contribution in [2.24, 2.45) is 0 Å². The molecular weight excluding hydrogens is 379 g/mol. The molecule has 0 atom stereocenters. The molecule has 0 aliphatic carbocycles. The van der Waals surface area contributed by atoms with E-state index in [0.29, 0.717) is 44.7 Å². The lowest BCUT2D eigenvalue weighted by Gasteiger charge is -2.36. The van der Waals surface area contributed by atoms with Crippen LogP contribution in [0, 0.1) is 19.7 Å². The molecule has 6 heteroatoms.